The van der Waals surface area contributed by atoms with Gasteiger partial charge in [0.25, 0.3) is 0 Å². The SMILES string of the molecule is Cc1cc(NCc2noc(Cc3ccccc3)n2)ccc1C(N)=O. The van der Waals surface area contributed by atoms with Crippen LogP contribution in [0.3, 0.4) is 0 Å². The van der Waals surface area contributed by atoms with Gasteiger partial charge in [0.2, 0.25) is 11.8 Å². The number of aryl methyl sites for hydroxylation is 1. The summed E-state index contributed by atoms with van der Waals surface area (Å²) in [7, 11) is 0. The van der Waals surface area contributed by atoms with Crippen LogP contribution in [0.4, 0.5) is 5.69 Å². The highest BCUT2D eigenvalue weighted by molar-refractivity contribution is 5.94. The predicted molar refractivity (Wildman–Crippen MR) is 90.6 cm³/mol. The minimum absolute atomic E-state index is 0.428. The molecule has 122 valence electrons. The minimum atomic E-state index is -0.428. The molecule has 0 radical (unpaired) electrons. The second kappa shape index (κ2) is 6.95. The molecule has 3 rings (SSSR count). The van der Waals surface area contributed by atoms with E-state index < -0.39 is 5.91 Å². The summed E-state index contributed by atoms with van der Waals surface area (Å²) in [5, 5.41) is 7.18. The molecular formula is C18H18N4O2. The van der Waals surface area contributed by atoms with E-state index in [4.69, 9.17) is 10.3 Å². The molecule has 0 atom stereocenters. The molecule has 0 saturated heterocycles. The number of nitrogens with zero attached hydrogens (tertiary/aromatic N) is 2. The number of nitrogens with one attached hydrogen (secondary N) is 1. The van der Waals surface area contributed by atoms with Crippen LogP contribution in [0.15, 0.2) is 53.1 Å². The lowest BCUT2D eigenvalue weighted by Gasteiger charge is -2.07. The van der Waals surface area contributed by atoms with Crippen LogP contribution >= 0.6 is 0 Å². The second-order valence-corrected chi connectivity index (χ2v) is 5.51. The molecule has 0 aliphatic rings. The van der Waals surface area contributed by atoms with Gasteiger partial charge in [-0.1, -0.05) is 35.5 Å². The van der Waals surface area contributed by atoms with Gasteiger partial charge in [-0.2, -0.15) is 4.98 Å². The molecule has 0 bridgehead atoms. The van der Waals surface area contributed by atoms with Crippen molar-refractivity contribution in [2.75, 3.05) is 5.32 Å². The van der Waals surface area contributed by atoms with Gasteiger partial charge in [0, 0.05) is 11.3 Å². The molecule has 0 saturated carbocycles. The Kier molecular flexibility index (Phi) is 4.56. The number of nitrogens with two attached hydrogens (primary N) is 1. The summed E-state index contributed by atoms with van der Waals surface area (Å²) in [6.07, 6.45) is 0.611. The number of carbonyl (C=O) groups excluding carboxylic acids is 1. The number of rotatable bonds is 6. The van der Waals surface area contributed by atoms with E-state index in [1.165, 1.54) is 0 Å². The number of hydrogen-bond donors (Lipinski definition) is 2. The largest absolute Gasteiger partial charge is 0.378 e. The highest BCUT2D eigenvalue weighted by atomic mass is 16.5. The zero-order valence-electron chi connectivity index (χ0n) is 13.3. The molecule has 0 aliphatic heterocycles. The number of primary amides is 1. The van der Waals surface area contributed by atoms with Crippen LogP contribution in [-0.2, 0) is 13.0 Å². The van der Waals surface area contributed by atoms with E-state index >= 15 is 0 Å². The third-order valence-corrected chi connectivity index (χ3v) is 3.65. The highest BCUT2D eigenvalue weighted by Gasteiger charge is 2.08. The molecule has 1 aromatic heterocycles. The molecule has 6 nitrogen and oxygen atoms in total. The molecule has 3 N–H and O–H groups in total. The fraction of sp³-hybridized carbons (Fsp3) is 0.167. The minimum Gasteiger partial charge on any atom is -0.378 e. The molecule has 1 amide bonds. The van der Waals surface area contributed by atoms with Crippen molar-refractivity contribution >= 4 is 11.6 Å². The zero-order chi connectivity index (χ0) is 16.9. The summed E-state index contributed by atoms with van der Waals surface area (Å²) in [6.45, 7) is 2.28. The molecule has 0 unspecified atom stereocenters. The van der Waals surface area contributed by atoms with Gasteiger partial charge >= 0.3 is 0 Å². The van der Waals surface area contributed by atoms with Crippen molar-refractivity contribution in [2.24, 2.45) is 5.73 Å². The summed E-state index contributed by atoms with van der Waals surface area (Å²) < 4.78 is 5.27. The average Bonchev–Trinajstić information content (AvgIpc) is 3.01. The number of amides is 1. The Morgan fingerprint density at radius 1 is 1.21 bits per heavy atom. The van der Waals surface area contributed by atoms with Crippen LogP contribution in [0.1, 0.15) is 33.2 Å². The van der Waals surface area contributed by atoms with Crippen LogP contribution in [0.5, 0.6) is 0 Å². The Morgan fingerprint density at radius 3 is 2.71 bits per heavy atom. The first-order valence-corrected chi connectivity index (χ1v) is 7.61. The lowest BCUT2D eigenvalue weighted by molar-refractivity contribution is 0.0999. The summed E-state index contributed by atoms with van der Waals surface area (Å²) in [6, 6.07) is 15.3. The number of hydrogen-bond acceptors (Lipinski definition) is 5. The second-order valence-electron chi connectivity index (χ2n) is 5.51. The van der Waals surface area contributed by atoms with Gasteiger partial charge in [0.05, 0.1) is 13.0 Å². The lowest BCUT2D eigenvalue weighted by atomic mass is 10.1. The van der Waals surface area contributed by atoms with Crippen LogP contribution in [0.2, 0.25) is 0 Å². The predicted octanol–water partition coefficient (Wildman–Crippen LogP) is 2.68. The Bertz CT molecular complexity index is 843. The van der Waals surface area contributed by atoms with Crippen molar-refractivity contribution in [1.29, 1.82) is 0 Å². The fourth-order valence-corrected chi connectivity index (χ4v) is 2.44. The molecule has 6 heteroatoms. The first-order chi connectivity index (χ1) is 11.6. The first-order valence-electron chi connectivity index (χ1n) is 7.61. The van der Waals surface area contributed by atoms with E-state index in [0.717, 1.165) is 16.8 Å². The standard InChI is InChI=1S/C18H18N4O2/c1-12-9-14(7-8-15(12)18(19)23)20-11-16-21-17(24-22-16)10-13-5-3-2-4-6-13/h2-9,20H,10-11H2,1H3,(H2,19,23). The molecule has 0 aliphatic carbocycles. The first kappa shape index (κ1) is 15.7. The van der Waals surface area contributed by atoms with Gasteiger partial charge in [-0.05, 0) is 36.2 Å². The quantitative estimate of drug-likeness (QED) is 0.727. The average molecular weight is 322 g/mol. The van der Waals surface area contributed by atoms with Crippen LogP contribution < -0.4 is 11.1 Å². The smallest absolute Gasteiger partial charge is 0.248 e. The van der Waals surface area contributed by atoms with Gasteiger partial charge < -0.3 is 15.6 Å². The molecule has 3 aromatic rings. The van der Waals surface area contributed by atoms with Crippen LogP contribution in [-0.4, -0.2) is 16.0 Å². The fourth-order valence-electron chi connectivity index (χ4n) is 2.44. The summed E-state index contributed by atoms with van der Waals surface area (Å²) >= 11 is 0. The summed E-state index contributed by atoms with van der Waals surface area (Å²) in [5.41, 5.74) is 8.64. The van der Waals surface area contributed by atoms with E-state index in [1.54, 1.807) is 12.1 Å². The Morgan fingerprint density at radius 2 is 2.00 bits per heavy atom. The third kappa shape index (κ3) is 3.78. The zero-order valence-corrected chi connectivity index (χ0v) is 13.3. The van der Waals surface area contributed by atoms with E-state index in [9.17, 15) is 4.79 Å². The van der Waals surface area contributed by atoms with Gasteiger partial charge in [0.1, 0.15) is 0 Å². The van der Waals surface area contributed by atoms with Crippen molar-refractivity contribution in [1.82, 2.24) is 10.1 Å². The number of aromatic nitrogens is 2. The highest BCUT2D eigenvalue weighted by Crippen LogP contribution is 2.15. The van der Waals surface area contributed by atoms with Crippen LogP contribution in [0.25, 0.3) is 0 Å². The number of carbonyl (C=O) groups is 1. The molecule has 2 aromatic carbocycles. The number of benzene rings is 2. The van der Waals surface area contributed by atoms with Crippen LogP contribution in [0, 0.1) is 6.92 Å². The molecular weight excluding hydrogens is 304 g/mol. The van der Waals surface area contributed by atoms with Crippen molar-refractivity contribution in [3.05, 3.63) is 76.9 Å². The van der Waals surface area contributed by atoms with E-state index in [2.05, 4.69) is 15.5 Å². The Hall–Kier alpha value is -3.15. The number of anilines is 1. The normalized spacial score (nSPS) is 10.5. The molecule has 1 heterocycles. The van der Waals surface area contributed by atoms with Crippen molar-refractivity contribution < 1.29 is 9.32 Å². The van der Waals surface area contributed by atoms with E-state index in [0.29, 0.717) is 30.2 Å². The molecule has 0 fully saturated rings. The van der Waals surface area contributed by atoms with Crippen molar-refractivity contribution in [3.63, 3.8) is 0 Å². The maximum absolute atomic E-state index is 11.2. The van der Waals surface area contributed by atoms with Gasteiger partial charge in [0.15, 0.2) is 5.82 Å². The Labute approximate surface area is 139 Å². The Balaban J connectivity index is 1.61. The maximum Gasteiger partial charge on any atom is 0.248 e. The topological polar surface area (TPSA) is 94.0 Å². The monoisotopic (exact) mass is 322 g/mol. The summed E-state index contributed by atoms with van der Waals surface area (Å²) in [4.78, 5) is 15.6. The molecule has 24 heavy (non-hydrogen) atoms. The maximum atomic E-state index is 11.2. The summed E-state index contributed by atoms with van der Waals surface area (Å²) in [5.74, 6) is 0.735. The van der Waals surface area contributed by atoms with Crippen molar-refractivity contribution in [2.45, 2.75) is 19.9 Å². The lowest BCUT2D eigenvalue weighted by Crippen LogP contribution is -2.12. The van der Waals surface area contributed by atoms with E-state index in [1.807, 2.05) is 43.3 Å². The van der Waals surface area contributed by atoms with Gasteiger partial charge in [-0.25, -0.2) is 0 Å². The molecule has 0 spiro atoms. The van der Waals surface area contributed by atoms with E-state index in [-0.39, 0.29) is 0 Å². The van der Waals surface area contributed by atoms with Crippen molar-refractivity contribution in [3.8, 4) is 0 Å². The van der Waals surface area contributed by atoms with Gasteiger partial charge in [-0.15, -0.1) is 0 Å². The third-order valence-electron chi connectivity index (χ3n) is 3.65. The van der Waals surface area contributed by atoms with Gasteiger partial charge in [-0.3, -0.25) is 4.79 Å².